The van der Waals surface area contributed by atoms with Crippen molar-refractivity contribution < 1.29 is 4.74 Å². The molecular weight excluding hydrogens is 206 g/mol. The molecule has 0 radical (unpaired) electrons. The highest BCUT2D eigenvalue weighted by atomic mass is 32.2. The van der Waals surface area contributed by atoms with Crippen molar-refractivity contribution in [2.75, 3.05) is 31.7 Å². The minimum atomic E-state index is 0.788. The van der Waals surface area contributed by atoms with Crippen molar-refractivity contribution >= 4 is 11.8 Å². The van der Waals surface area contributed by atoms with E-state index in [1.54, 1.807) is 0 Å². The van der Waals surface area contributed by atoms with Gasteiger partial charge in [0.1, 0.15) is 5.75 Å². The van der Waals surface area contributed by atoms with Crippen LogP contribution >= 0.6 is 11.8 Å². The van der Waals surface area contributed by atoms with E-state index in [0.717, 1.165) is 31.9 Å². The second-order valence-electron chi connectivity index (χ2n) is 3.26. The lowest BCUT2D eigenvalue weighted by Crippen LogP contribution is -2.20. The lowest BCUT2D eigenvalue weighted by molar-refractivity contribution is 0.309. The van der Waals surface area contributed by atoms with Crippen molar-refractivity contribution in [3.8, 4) is 5.75 Å². The minimum absolute atomic E-state index is 0.788. The molecule has 0 fully saturated rings. The predicted octanol–water partition coefficient (Wildman–Crippen LogP) is 2.41. The Kier molecular flexibility index (Phi) is 7.13. The van der Waals surface area contributed by atoms with Crippen molar-refractivity contribution in [1.82, 2.24) is 5.32 Å². The van der Waals surface area contributed by atoms with Crippen molar-refractivity contribution in [3.63, 3.8) is 0 Å². The molecule has 0 bridgehead atoms. The van der Waals surface area contributed by atoms with Crippen LogP contribution in [-0.4, -0.2) is 31.7 Å². The van der Waals surface area contributed by atoms with Crippen LogP contribution < -0.4 is 10.1 Å². The van der Waals surface area contributed by atoms with Gasteiger partial charge in [-0.15, -0.1) is 0 Å². The zero-order chi connectivity index (χ0) is 10.8. The Morgan fingerprint density at radius 2 is 2.00 bits per heavy atom. The molecular formula is C12H19NOS. The molecule has 0 atom stereocenters. The largest absolute Gasteiger partial charge is 0.494 e. The van der Waals surface area contributed by atoms with Gasteiger partial charge in [0.05, 0.1) is 6.61 Å². The maximum absolute atomic E-state index is 5.57. The van der Waals surface area contributed by atoms with E-state index in [0.29, 0.717) is 0 Å². The van der Waals surface area contributed by atoms with E-state index in [2.05, 4.69) is 11.6 Å². The quantitative estimate of drug-likeness (QED) is 0.687. The molecule has 1 N–H and O–H groups in total. The molecule has 84 valence electrons. The number of ether oxygens (including phenoxy) is 1. The summed E-state index contributed by atoms with van der Waals surface area (Å²) < 4.78 is 5.57. The Bertz CT molecular complexity index is 241. The fourth-order valence-corrected chi connectivity index (χ4v) is 1.55. The first kappa shape index (κ1) is 12.4. The molecule has 0 aliphatic heterocycles. The van der Waals surface area contributed by atoms with Gasteiger partial charge in [0, 0.05) is 12.3 Å². The number of hydrogen-bond donors (Lipinski definition) is 1. The van der Waals surface area contributed by atoms with Crippen molar-refractivity contribution in [2.24, 2.45) is 0 Å². The number of rotatable bonds is 8. The van der Waals surface area contributed by atoms with E-state index in [4.69, 9.17) is 4.74 Å². The molecule has 0 spiro atoms. The van der Waals surface area contributed by atoms with Gasteiger partial charge in [-0.3, -0.25) is 0 Å². The SMILES string of the molecule is CSCCNCCCOc1ccccc1. The van der Waals surface area contributed by atoms with Crippen molar-refractivity contribution in [3.05, 3.63) is 30.3 Å². The Balaban J connectivity index is 1.93. The van der Waals surface area contributed by atoms with E-state index < -0.39 is 0 Å². The van der Waals surface area contributed by atoms with Gasteiger partial charge in [-0.25, -0.2) is 0 Å². The van der Waals surface area contributed by atoms with E-state index in [1.807, 2.05) is 42.1 Å². The molecule has 15 heavy (non-hydrogen) atoms. The molecule has 0 unspecified atom stereocenters. The molecule has 0 amide bonds. The Morgan fingerprint density at radius 1 is 1.20 bits per heavy atom. The lowest BCUT2D eigenvalue weighted by Gasteiger charge is -2.06. The molecule has 1 aromatic rings. The maximum atomic E-state index is 5.57. The van der Waals surface area contributed by atoms with E-state index in [-0.39, 0.29) is 0 Å². The first-order valence-electron chi connectivity index (χ1n) is 5.31. The highest BCUT2D eigenvalue weighted by Crippen LogP contribution is 2.07. The van der Waals surface area contributed by atoms with Gasteiger partial charge >= 0.3 is 0 Å². The Morgan fingerprint density at radius 3 is 2.73 bits per heavy atom. The van der Waals surface area contributed by atoms with Crippen LogP contribution in [0.5, 0.6) is 5.75 Å². The van der Waals surface area contributed by atoms with E-state index in [9.17, 15) is 0 Å². The molecule has 1 aromatic carbocycles. The van der Waals surface area contributed by atoms with Gasteiger partial charge in [0.2, 0.25) is 0 Å². The molecule has 0 saturated heterocycles. The summed E-state index contributed by atoms with van der Waals surface area (Å²) in [5, 5.41) is 3.37. The average Bonchev–Trinajstić information content (AvgIpc) is 2.29. The van der Waals surface area contributed by atoms with Crippen LogP contribution in [0.25, 0.3) is 0 Å². The number of nitrogens with one attached hydrogen (secondary N) is 1. The highest BCUT2D eigenvalue weighted by Gasteiger charge is 1.91. The van der Waals surface area contributed by atoms with Gasteiger partial charge in [-0.2, -0.15) is 11.8 Å². The zero-order valence-corrected chi connectivity index (χ0v) is 10.1. The number of thioether (sulfide) groups is 1. The highest BCUT2D eigenvalue weighted by molar-refractivity contribution is 7.98. The normalized spacial score (nSPS) is 10.2. The molecule has 3 heteroatoms. The van der Waals surface area contributed by atoms with Crippen LogP contribution in [0.15, 0.2) is 30.3 Å². The Hall–Kier alpha value is -0.670. The van der Waals surface area contributed by atoms with Crippen molar-refractivity contribution in [1.29, 1.82) is 0 Å². The molecule has 1 rings (SSSR count). The smallest absolute Gasteiger partial charge is 0.119 e. The first-order valence-corrected chi connectivity index (χ1v) is 6.70. The fourth-order valence-electron chi connectivity index (χ4n) is 1.20. The molecule has 0 aliphatic rings. The Labute approximate surface area is 96.4 Å². The number of para-hydroxylation sites is 1. The third-order valence-electron chi connectivity index (χ3n) is 1.99. The van der Waals surface area contributed by atoms with E-state index >= 15 is 0 Å². The number of hydrogen-bond acceptors (Lipinski definition) is 3. The third kappa shape index (κ3) is 6.42. The second kappa shape index (κ2) is 8.62. The molecule has 0 heterocycles. The van der Waals surface area contributed by atoms with Crippen LogP contribution in [-0.2, 0) is 0 Å². The van der Waals surface area contributed by atoms with Crippen LogP contribution in [0.3, 0.4) is 0 Å². The topological polar surface area (TPSA) is 21.3 Å². The molecule has 2 nitrogen and oxygen atoms in total. The van der Waals surface area contributed by atoms with Crippen LogP contribution in [0.2, 0.25) is 0 Å². The van der Waals surface area contributed by atoms with Gasteiger partial charge in [-0.1, -0.05) is 18.2 Å². The zero-order valence-electron chi connectivity index (χ0n) is 9.24. The summed E-state index contributed by atoms with van der Waals surface area (Å²) in [7, 11) is 0. The first-order chi connectivity index (χ1) is 7.43. The molecule has 0 aliphatic carbocycles. The molecule has 0 aromatic heterocycles. The van der Waals surface area contributed by atoms with Crippen LogP contribution in [0.4, 0.5) is 0 Å². The van der Waals surface area contributed by atoms with Gasteiger partial charge < -0.3 is 10.1 Å². The molecule has 0 saturated carbocycles. The summed E-state index contributed by atoms with van der Waals surface area (Å²) in [6.07, 6.45) is 3.18. The van der Waals surface area contributed by atoms with Crippen molar-refractivity contribution in [2.45, 2.75) is 6.42 Å². The summed E-state index contributed by atoms with van der Waals surface area (Å²) in [5.41, 5.74) is 0. The lowest BCUT2D eigenvalue weighted by atomic mass is 10.3. The number of benzene rings is 1. The predicted molar refractivity (Wildman–Crippen MR) is 67.8 cm³/mol. The van der Waals surface area contributed by atoms with Crippen LogP contribution in [0, 0.1) is 0 Å². The third-order valence-corrected chi connectivity index (χ3v) is 2.61. The van der Waals surface area contributed by atoms with Gasteiger partial charge in [-0.05, 0) is 31.4 Å². The maximum Gasteiger partial charge on any atom is 0.119 e. The summed E-state index contributed by atoms with van der Waals surface area (Å²) >= 11 is 1.87. The van der Waals surface area contributed by atoms with Gasteiger partial charge in [0.25, 0.3) is 0 Å². The summed E-state index contributed by atoms with van der Waals surface area (Å²) in [4.78, 5) is 0. The van der Waals surface area contributed by atoms with Crippen LogP contribution in [0.1, 0.15) is 6.42 Å². The fraction of sp³-hybridized carbons (Fsp3) is 0.500. The van der Waals surface area contributed by atoms with E-state index in [1.165, 1.54) is 5.75 Å². The second-order valence-corrected chi connectivity index (χ2v) is 4.24. The summed E-state index contributed by atoms with van der Waals surface area (Å²) in [6.45, 7) is 2.91. The van der Waals surface area contributed by atoms with Gasteiger partial charge in [0.15, 0.2) is 0 Å². The standard InChI is InChI=1S/C12H19NOS/c1-15-11-9-13-8-5-10-14-12-6-3-2-4-7-12/h2-4,6-7,13H,5,8-11H2,1H3. The summed E-state index contributed by atoms with van der Waals surface area (Å²) in [6, 6.07) is 9.96. The summed E-state index contributed by atoms with van der Waals surface area (Å²) in [5.74, 6) is 2.14. The monoisotopic (exact) mass is 225 g/mol. The average molecular weight is 225 g/mol. The minimum Gasteiger partial charge on any atom is -0.494 e.